The molecule has 3 N–H and O–H groups in total. The van der Waals surface area contributed by atoms with Crippen molar-refractivity contribution >= 4 is 68.6 Å². The van der Waals surface area contributed by atoms with Crippen molar-refractivity contribution in [3.8, 4) is 33.5 Å². The number of aliphatic hydroxyl groups excluding tert-OH is 1. The Labute approximate surface area is 542 Å². The number of aromatic nitrogens is 5. The van der Waals surface area contributed by atoms with Crippen LogP contribution < -0.4 is 24.6 Å². The smallest absolute Gasteiger partial charge is 0.409 e. The number of hydrogen-bond donors (Lipinski definition) is 3. The highest BCUT2D eigenvalue weighted by atomic mass is 32.1. The molecule has 7 aliphatic rings. The van der Waals surface area contributed by atoms with Gasteiger partial charge in [-0.25, -0.2) is 19.0 Å². The van der Waals surface area contributed by atoms with Crippen LogP contribution in [0.3, 0.4) is 0 Å². The minimum absolute atomic E-state index is 0.00176. The lowest BCUT2D eigenvalue weighted by Gasteiger charge is -2.59. The van der Waals surface area contributed by atoms with E-state index in [1.165, 1.54) is 16.9 Å². The molecule has 7 saturated heterocycles. The van der Waals surface area contributed by atoms with Crippen LogP contribution in [-0.2, 0) is 25.5 Å². The number of benzene rings is 3. The summed E-state index contributed by atoms with van der Waals surface area (Å²) >= 11 is 1.58. The maximum atomic E-state index is 17.7. The minimum Gasteiger partial charge on any atom is -0.468 e. The van der Waals surface area contributed by atoms with Gasteiger partial charge in [0.1, 0.15) is 48.0 Å². The third kappa shape index (κ3) is 11.5. The molecule has 8 atom stereocenters. The summed E-state index contributed by atoms with van der Waals surface area (Å²) in [6.07, 6.45) is 5.01. The second-order valence-corrected chi connectivity index (χ2v) is 27.9. The average Bonchev–Trinajstić information content (AvgIpc) is 1.40. The van der Waals surface area contributed by atoms with Crippen LogP contribution in [0.15, 0.2) is 76.9 Å². The van der Waals surface area contributed by atoms with Gasteiger partial charge < -0.3 is 58.6 Å². The van der Waals surface area contributed by atoms with Gasteiger partial charge in [0.15, 0.2) is 24.2 Å². The molecular weight excluding hydrogens is 1210 g/mol. The number of methoxy groups -OCH3 is 1. The first kappa shape index (κ1) is 62.2. The van der Waals surface area contributed by atoms with Crippen molar-refractivity contribution in [2.75, 3.05) is 89.3 Å². The van der Waals surface area contributed by atoms with Gasteiger partial charge in [0.05, 0.1) is 51.2 Å². The van der Waals surface area contributed by atoms with Gasteiger partial charge in [-0.15, -0.1) is 11.3 Å². The molecular formula is C68H79FN12O11S. The maximum Gasteiger partial charge on any atom is 0.409 e. The van der Waals surface area contributed by atoms with Gasteiger partial charge >= 0.3 is 18.2 Å². The molecule has 4 amide bonds. The number of aliphatic hydroxyl groups is 1. The van der Waals surface area contributed by atoms with Crippen LogP contribution in [0.25, 0.3) is 43.4 Å². The quantitative estimate of drug-likeness (QED) is 0.0638. The van der Waals surface area contributed by atoms with Crippen molar-refractivity contribution in [1.29, 1.82) is 0 Å². The molecule has 14 rings (SSSR count). The molecule has 0 saturated carbocycles. The van der Waals surface area contributed by atoms with E-state index in [9.17, 15) is 29.4 Å². The topological polar surface area (TPSA) is 255 Å². The molecule has 490 valence electrons. The molecule has 7 aromatic rings. The summed E-state index contributed by atoms with van der Waals surface area (Å²) in [6.45, 7) is 14.1. The Bertz CT molecular complexity index is 3990. The first-order chi connectivity index (χ1) is 44.9. The highest BCUT2D eigenvalue weighted by Gasteiger charge is 2.56. The van der Waals surface area contributed by atoms with Crippen LogP contribution in [0.5, 0.6) is 11.8 Å². The van der Waals surface area contributed by atoms with Crippen molar-refractivity contribution in [2.24, 2.45) is 11.3 Å². The lowest BCUT2D eigenvalue weighted by atomic mass is 9.73. The summed E-state index contributed by atoms with van der Waals surface area (Å²) < 4.78 is 47.5. The molecule has 7 aliphatic heterocycles. The first-order valence-electron chi connectivity index (χ1n) is 32.5. The van der Waals surface area contributed by atoms with Gasteiger partial charge in [0.2, 0.25) is 11.8 Å². The van der Waals surface area contributed by atoms with Gasteiger partial charge in [-0.05, 0) is 111 Å². The number of nitrogens with zero attached hydrogens (tertiary/aromatic N) is 11. The molecule has 1 spiro atoms. The molecule has 23 nitrogen and oxygen atoms in total. The number of β-amino-alcohol motifs (C(OH)–C–C–N with tert-alkyl or cyclic N) is 1. The molecule has 7 fully saturated rings. The fourth-order valence-electron chi connectivity index (χ4n) is 16.0. The molecule has 2 unspecified atom stereocenters. The second-order valence-electron chi connectivity index (χ2n) is 27.0. The summed E-state index contributed by atoms with van der Waals surface area (Å²) in [4.78, 5) is 85.8. The third-order valence-corrected chi connectivity index (χ3v) is 21.6. The predicted molar refractivity (Wildman–Crippen MR) is 345 cm³/mol. The van der Waals surface area contributed by atoms with E-state index in [0.717, 1.165) is 70.3 Å². The number of likely N-dealkylation sites (tertiary alicyclic amines) is 2. The number of aryl methyl sites for hydroxylation is 2. The molecule has 3 aromatic carbocycles. The zero-order valence-electron chi connectivity index (χ0n) is 53.3. The SMILES string of the molecule is CCc1cccc2cc(OCOC)cc(-c3ncc4c(N5CC6CCC(C5)N6C(=O)O)nc(OC[C@@]56CCCN5[C@H](COC(=O)N5CC7(C5)CN(c5cc([C@@H](C(=O)N8C[C@@H](O)C[C@H]8C(=O)N[C@@H](C)c8ccc(-c9scnc9C)cc8)C(C)C)on5)C7)CC6)nc4c3F)c12. The number of rotatable bonds is 19. The monoisotopic (exact) mass is 1290 g/mol. The number of ether oxygens (including phenoxy) is 4. The van der Waals surface area contributed by atoms with Gasteiger partial charge in [-0.3, -0.25) is 24.4 Å². The Kier molecular flexibility index (Phi) is 16.7. The van der Waals surface area contributed by atoms with E-state index in [4.69, 9.17) is 38.4 Å². The fraction of sp³-hybridized carbons (Fsp3) is 0.515. The van der Waals surface area contributed by atoms with Crippen LogP contribution in [0.1, 0.15) is 107 Å². The number of halogens is 1. The van der Waals surface area contributed by atoms with Crippen molar-refractivity contribution in [2.45, 2.75) is 134 Å². The van der Waals surface area contributed by atoms with E-state index in [1.54, 1.807) is 34.6 Å². The van der Waals surface area contributed by atoms with Crippen LogP contribution >= 0.6 is 11.3 Å². The number of piperazine rings is 1. The lowest BCUT2D eigenvalue weighted by molar-refractivity contribution is -0.141. The fourth-order valence-corrected chi connectivity index (χ4v) is 16.8. The zero-order valence-corrected chi connectivity index (χ0v) is 54.1. The number of nitrogens with one attached hydrogen (secondary N) is 1. The Hall–Kier alpha value is -8.26. The second kappa shape index (κ2) is 24.9. The normalized spacial score (nSPS) is 23.8. The first-order valence-corrected chi connectivity index (χ1v) is 33.4. The number of carbonyl (C=O) groups excluding carboxylic acids is 3. The van der Waals surface area contributed by atoms with Crippen LogP contribution in [-0.4, -0.2) is 194 Å². The van der Waals surface area contributed by atoms with Crippen LogP contribution in [0.4, 0.5) is 25.6 Å². The number of fused-ring (bicyclic) bond motifs is 5. The van der Waals surface area contributed by atoms with Gasteiger partial charge in [0, 0.05) is 88.6 Å². The van der Waals surface area contributed by atoms with E-state index in [-0.39, 0.29) is 104 Å². The summed E-state index contributed by atoms with van der Waals surface area (Å²) in [7, 11) is 1.54. The van der Waals surface area contributed by atoms with Gasteiger partial charge in [-0.1, -0.05) is 68.4 Å². The Morgan fingerprint density at radius 1 is 0.925 bits per heavy atom. The van der Waals surface area contributed by atoms with Crippen molar-refractivity contribution in [3.05, 3.63) is 101 Å². The van der Waals surface area contributed by atoms with Gasteiger partial charge in [-0.2, -0.15) is 9.97 Å². The maximum absolute atomic E-state index is 17.7. The van der Waals surface area contributed by atoms with Crippen molar-refractivity contribution in [3.63, 3.8) is 0 Å². The largest absolute Gasteiger partial charge is 0.468 e. The van der Waals surface area contributed by atoms with Crippen molar-refractivity contribution < 1.29 is 57.3 Å². The molecule has 2 bridgehead atoms. The Morgan fingerprint density at radius 3 is 2.43 bits per heavy atom. The molecule has 0 aliphatic carbocycles. The minimum atomic E-state index is -0.950. The summed E-state index contributed by atoms with van der Waals surface area (Å²) in [5, 5.41) is 30.6. The van der Waals surface area contributed by atoms with Crippen LogP contribution in [0.2, 0.25) is 0 Å². The van der Waals surface area contributed by atoms with Gasteiger partial charge in [0.25, 0.3) is 0 Å². The number of anilines is 2. The highest BCUT2D eigenvalue weighted by molar-refractivity contribution is 7.13. The predicted octanol–water partition coefficient (Wildman–Crippen LogP) is 9.19. The van der Waals surface area contributed by atoms with E-state index < -0.39 is 35.5 Å². The standard InChI is InChI=1S/C68H79FN12O11S/c1-7-41-10-8-11-44-22-49(91-37-88-6)24-50(56(41)44)58-57(69)59-51(26-70-58)61(76-27-45-16-17-46(28-76)81(45)65(85)86)74-64(73-59)90-35-68-19-9-21-80(68)47(18-20-68)30-89-66(87)78-33-67(34-78)31-77(32-67)54-25-53(92-75-54)55(38(2)3)63(84)79-29-48(82)23-52(79)62(83)72-39(4)42-12-14-43(15-13-42)60-40(5)71-36-93-60/h8,10-15,22,24-26,36,38-39,45-48,52,55,82H,7,9,16-21,23,27-35,37H2,1-6H3,(H,72,83)(H,85,86)/t39-,45?,46?,47-,48-,52-,55-,68-/m0/s1. The van der Waals surface area contributed by atoms with E-state index in [2.05, 4.69) is 32.2 Å². The van der Waals surface area contributed by atoms with E-state index in [1.807, 2.05) is 86.6 Å². The third-order valence-electron chi connectivity index (χ3n) is 20.6. The number of carbonyl (C=O) groups is 4. The zero-order chi connectivity index (χ0) is 64.6. The molecule has 25 heteroatoms. The summed E-state index contributed by atoms with van der Waals surface area (Å²) in [6, 6.07) is 17.7. The number of pyridine rings is 1. The molecule has 4 aromatic heterocycles. The summed E-state index contributed by atoms with van der Waals surface area (Å²) in [5.74, 6) is -0.326. The summed E-state index contributed by atoms with van der Waals surface area (Å²) in [5.41, 5.74) is 5.92. The number of thiazole rings is 1. The van der Waals surface area contributed by atoms with Crippen LogP contribution in [0, 0.1) is 24.1 Å². The molecule has 0 radical (unpaired) electrons. The Morgan fingerprint density at radius 2 is 1.71 bits per heavy atom. The number of carboxylic acid groups (broad SMARTS) is 1. The molecule has 11 heterocycles. The average molecular weight is 1290 g/mol. The Balaban J connectivity index is 0.605. The number of amides is 4. The van der Waals surface area contributed by atoms with E-state index in [0.29, 0.717) is 92.6 Å². The number of hydrogen-bond acceptors (Lipinski definition) is 19. The van der Waals surface area contributed by atoms with E-state index >= 15 is 4.39 Å². The lowest BCUT2D eigenvalue weighted by Crippen LogP contribution is -2.73. The molecule has 93 heavy (non-hydrogen) atoms. The highest BCUT2D eigenvalue weighted by Crippen LogP contribution is 2.47. The van der Waals surface area contributed by atoms with Crippen molar-refractivity contribution in [1.82, 2.24) is 50.0 Å².